The van der Waals surface area contributed by atoms with Crippen LogP contribution in [-0.2, 0) is 16.6 Å². The first-order chi connectivity index (χ1) is 8.13. The lowest BCUT2D eigenvalue weighted by Crippen LogP contribution is -2.43. The van der Waals surface area contributed by atoms with Crippen molar-refractivity contribution < 1.29 is 9.90 Å². The highest BCUT2D eigenvalue weighted by Gasteiger charge is 2.47. The number of hydrogen-bond acceptors (Lipinski definition) is 2. The van der Waals surface area contributed by atoms with Crippen LogP contribution in [0.4, 0.5) is 0 Å². The van der Waals surface area contributed by atoms with Crippen LogP contribution in [0.3, 0.4) is 0 Å². The molecular formula is C14H16O2S. The minimum atomic E-state index is -0.637. The number of benzene rings is 1. The molecule has 2 nitrogen and oxygen atoms in total. The van der Waals surface area contributed by atoms with Gasteiger partial charge in [-0.25, -0.2) is 0 Å². The average Bonchev–Trinajstić information content (AvgIpc) is 2.56. The van der Waals surface area contributed by atoms with E-state index in [1.165, 1.54) is 10.5 Å². The molecule has 1 saturated carbocycles. The normalized spacial score (nSPS) is 25.1. The van der Waals surface area contributed by atoms with E-state index in [0.29, 0.717) is 5.25 Å². The zero-order valence-electron chi connectivity index (χ0n) is 9.90. The van der Waals surface area contributed by atoms with Crippen molar-refractivity contribution in [3.63, 3.8) is 0 Å². The summed E-state index contributed by atoms with van der Waals surface area (Å²) in [7, 11) is 0. The van der Waals surface area contributed by atoms with Crippen molar-refractivity contribution in [2.75, 3.05) is 0 Å². The maximum Gasteiger partial charge on any atom is 0.314 e. The molecule has 0 spiro atoms. The van der Waals surface area contributed by atoms with Crippen LogP contribution < -0.4 is 0 Å². The predicted molar refractivity (Wildman–Crippen MR) is 68.6 cm³/mol. The molecule has 1 unspecified atom stereocenters. The van der Waals surface area contributed by atoms with Crippen LogP contribution in [0.25, 0.3) is 0 Å². The lowest BCUT2D eigenvalue weighted by molar-refractivity contribution is -0.147. The Hall–Kier alpha value is -0.960. The summed E-state index contributed by atoms with van der Waals surface area (Å²) in [4.78, 5) is 12.9. The third-order valence-electron chi connectivity index (χ3n) is 4.08. The zero-order chi connectivity index (χ0) is 12.0. The molecule has 1 atom stereocenters. The van der Waals surface area contributed by atoms with E-state index in [9.17, 15) is 9.90 Å². The minimum Gasteiger partial charge on any atom is -0.481 e. The molecule has 1 aromatic rings. The van der Waals surface area contributed by atoms with Gasteiger partial charge in [-0.1, -0.05) is 25.5 Å². The molecule has 1 N–H and O–H groups in total. The second-order valence-electron chi connectivity index (χ2n) is 5.16. The Morgan fingerprint density at radius 2 is 2.24 bits per heavy atom. The Morgan fingerprint density at radius 3 is 2.82 bits per heavy atom. The Morgan fingerprint density at radius 1 is 1.47 bits per heavy atom. The van der Waals surface area contributed by atoms with Gasteiger partial charge in [0, 0.05) is 10.1 Å². The Labute approximate surface area is 105 Å². The summed E-state index contributed by atoms with van der Waals surface area (Å²) in [5.41, 5.74) is 1.81. The van der Waals surface area contributed by atoms with Crippen LogP contribution >= 0.6 is 11.8 Å². The average molecular weight is 248 g/mol. The number of thioether (sulfide) groups is 1. The van der Waals surface area contributed by atoms with Crippen molar-refractivity contribution in [1.29, 1.82) is 0 Å². The van der Waals surface area contributed by atoms with Crippen molar-refractivity contribution in [3.8, 4) is 0 Å². The number of fused-ring (bicyclic) bond motifs is 1. The van der Waals surface area contributed by atoms with Crippen LogP contribution in [0.2, 0.25) is 0 Å². The fraction of sp³-hybridized carbons (Fsp3) is 0.500. The maximum absolute atomic E-state index is 11.6. The molecule has 1 aliphatic heterocycles. The summed E-state index contributed by atoms with van der Waals surface area (Å²) >= 11 is 1.87. The van der Waals surface area contributed by atoms with E-state index >= 15 is 0 Å². The third kappa shape index (κ3) is 1.52. The minimum absolute atomic E-state index is 0.573. The van der Waals surface area contributed by atoms with E-state index < -0.39 is 11.4 Å². The van der Waals surface area contributed by atoms with Gasteiger partial charge in [0.25, 0.3) is 0 Å². The van der Waals surface area contributed by atoms with Gasteiger partial charge in [-0.3, -0.25) is 4.79 Å². The summed E-state index contributed by atoms with van der Waals surface area (Å²) < 4.78 is 0. The van der Waals surface area contributed by atoms with Gasteiger partial charge in [0.1, 0.15) is 0 Å². The lowest BCUT2D eigenvalue weighted by atomic mass is 9.63. The van der Waals surface area contributed by atoms with E-state index in [1.54, 1.807) is 0 Å². The molecule has 1 heterocycles. The van der Waals surface area contributed by atoms with Crippen LogP contribution in [0.15, 0.2) is 23.1 Å². The highest BCUT2D eigenvalue weighted by atomic mass is 32.2. The Balaban J connectivity index is 2.10. The number of hydrogen-bond donors (Lipinski definition) is 1. The summed E-state index contributed by atoms with van der Waals surface area (Å²) in [6, 6.07) is 6.17. The number of carbonyl (C=O) groups is 1. The molecule has 0 aromatic heterocycles. The van der Waals surface area contributed by atoms with Gasteiger partial charge in [0.05, 0.1) is 5.41 Å². The standard InChI is InChI=1S/C14H16O2S/c1-9-8-10-11(4-2-5-12(10)17-9)14(13(15)16)6-3-7-14/h2,4-5,9H,3,6-8H2,1H3,(H,15,16). The van der Waals surface area contributed by atoms with E-state index in [0.717, 1.165) is 31.2 Å². The molecule has 0 bridgehead atoms. The van der Waals surface area contributed by atoms with Gasteiger partial charge in [-0.2, -0.15) is 0 Å². The van der Waals surface area contributed by atoms with Crippen LogP contribution in [0, 0.1) is 0 Å². The monoisotopic (exact) mass is 248 g/mol. The lowest BCUT2D eigenvalue weighted by Gasteiger charge is -2.39. The van der Waals surface area contributed by atoms with Crippen LogP contribution in [0.5, 0.6) is 0 Å². The highest BCUT2D eigenvalue weighted by Crippen LogP contribution is 2.49. The summed E-state index contributed by atoms with van der Waals surface area (Å²) in [6.07, 6.45) is 3.67. The second-order valence-corrected chi connectivity index (χ2v) is 6.64. The molecule has 3 rings (SSSR count). The van der Waals surface area contributed by atoms with E-state index in [2.05, 4.69) is 13.0 Å². The smallest absolute Gasteiger partial charge is 0.314 e. The fourth-order valence-electron chi connectivity index (χ4n) is 3.01. The molecule has 17 heavy (non-hydrogen) atoms. The van der Waals surface area contributed by atoms with Gasteiger partial charge in [0.2, 0.25) is 0 Å². The first-order valence-electron chi connectivity index (χ1n) is 6.16. The molecule has 90 valence electrons. The van der Waals surface area contributed by atoms with Gasteiger partial charge < -0.3 is 5.11 Å². The first kappa shape index (κ1) is 11.1. The zero-order valence-corrected chi connectivity index (χ0v) is 10.7. The molecule has 2 aliphatic rings. The van der Waals surface area contributed by atoms with Gasteiger partial charge in [-0.05, 0) is 36.5 Å². The number of carboxylic acids is 1. The predicted octanol–water partition coefficient (Wildman–Crippen LogP) is 3.23. The summed E-state index contributed by atoms with van der Waals surface area (Å²) in [6.45, 7) is 2.21. The quantitative estimate of drug-likeness (QED) is 0.873. The van der Waals surface area contributed by atoms with Crippen molar-refractivity contribution in [2.45, 2.75) is 48.2 Å². The summed E-state index contributed by atoms with van der Waals surface area (Å²) in [5.74, 6) is -0.637. The van der Waals surface area contributed by atoms with Crippen molar-refractivity contribution >= 4 is 17.7 Å². The molecule has 1 aliphatic carbocycles. The Bertz CT molecular complexity index is 477. The van der Waals surface area contributed by atoms with Gasteiger partial charge in [0.15, 0.2) is 0 Å². The third-order valence-corrected chi connectivity index (χ3v) is 5.29. The molecule has 3 heteroatoms. The van der Waals surface area contributed by atoms with Crippen LogP contribution in [-0.4, -0.2) is 16.3 Å². The van der Waals surface area contributed by atoms with E-state index in [1.807, 2.05) is 23.9 Å². The molecule has 0 saturated heterocycles. The SMILES string of the molecule is CC1Cc2c(cccc2C2(C(=O)O)CCC2)S1. The molecular weight excluding hydrogens is 232 g/mol. The van der Waals surface area contributed by atoms with Crippen molar-refractivity contribution in [1.82, 2.24) is 0 Å². The first-order valence-corrected chi connectivity index (χ1v) is 7.04. The van der Waals surface area contributed by atoms with E-state index in [4.69, 9.17) is 0 Å². The number of carboxylic acid groups (broad SMARTS) is 1. The van der Waals surface area contributed by atoms with E-state index in [-0.39, 0.29) is 0 Å². The number of aliphatic carboxylic acids is 1. The van der Waals surface area contributed by atoms with Crippen molar-refractivity contribution in [2.24, 2.45) is 0 Å². The molecule has 0 radical (unpaired) electrons. The largest absolute Gasteiger partial charge is 0.481 e. The van der Waals surface area contributed by atoms with Crippen LogP contribution in [0.1, 0.15) is 37.3 Å². The number of rotatable bonds is 2. The van der Waals surface area contributed by atoms with Crippen molar-refractivity contribution in [3.05, 3.63) is 29.3 Å². The van der Waals surface area contributed by atoms with Gasteiger partial charge >= 0.3 is 5.97 Å². The van der Waals surface area contributed by atoms with Gasteiger partial charge in [-0.15, -0.1) is 11.8 Å². The fourth-order valence-corrected chi connectivity index (χ4v) is 4.19. The molecule has 0 amide bonds. The maximum atomic E-state index is 11.6. The molecule has 1 fully saturated rings. The Kier molecular flexibility index (Phi) is 2.47. The highest BCUT2D eigenvalue weighted by molar-refractivity contribution is 8.00. The summed E-state index contributed by atoms with van der Waals surface area (Å²) in [5, 5.41) is 10.1. The topological polar surface area (TPSA) is 37.3 Å². The second kappa shape index (κ2) is 3.77. The molecule has 1 aromatic carbocycles.